The second-order valence-electron chi connectivity index (χ2n) is 3.93. The van der Waals surface area contributed by atoms with Crippen molar-refractivity contribution in [3.05, 3.63) is 35.9 Å². The number of hydrogen-bond donors (Lipinski definition) is 2. The highest BCUT2D eigenvalue weighted by Gasteiger charge is 2.13. The van der Waals surface area contributed by atoms with Crippen molar-refractivity contribution in [1.82, 2.24) is 10.2 Å². The third-order valence-corrected chi connectivity index (χ3v) is 2.43. The Bertz CT molecular complexity index is 392. The Morgan fingerprint density at radius 2 is 1.94 bits per heavy atom. The molecule has 18 heavy (non-hydrogen) atoms. The third-order valence-electron chi connectivity index (χ3n) is 2.43. The first-order valence-corrected chi connectivity index (χ1v) is 5.80. The fourth-order valence-electron chi connectivity index (χ4n) is 1.53. The van der Waals surface area contributed by atoms with E-state index >= 15 is 0 Å². The van der Waals surface area contributed by atoms with Gasteiger partial charge in [0.2, 0.25) is 11.8 Å². The molecule has 2 N–H and O–H groups in total. The van der Waals surface area contributed by atoms with Crippen LogP contribution in [0, 0.1) is 0 Å². The second-order valence-corrected chi connectivity index (χ2v) is 3.93. The van der Waals surface area contributed by atoms with Crippen molar-refractivity contribution in [3.8, 4) is 0 Å². The molecule has 0 radical (unpaired) electrons. The van der Waals surface area contributed by atoms with Crippen LogP contribution in [0.3, 0.4) is 0 Å². The van der Waals surface area contributed by atoms with Crippen LogP contribution in [0.4, 0.5) is 0 Å². The van der Waals surface area contributed by atoms with Gasteiger partial charge in [0.05, 0.1) is 13.2 Å². The largest absolute Gasteiger partial charge is 0.395 e. The smallest absolute Gasteiger partial charge is 0.242 e. The molecule has 0 bridgehead atoms. The van der Waals surface area contributed by atoms with Crippen LogP contribution < -0.4 is 5.32 Å². The lowest BCUT2D eigenvalue weighted by Crippen LogP contribution is -2.40. The van der Waals surface area contributed by atoms with Crippen LogP contribution in [0.25, 0.3) is 0 Å². The lowest BCUT2D eigenvalue weighted by atomic mass is 10.2. The Hall–Kier alpha value is -1.88. The molecule has 1 aromatic rings. The first-order valence-electron chi connectivity index (χ1n) is 5.80. The maximum absolute atomic E-state index is 11.8. The number of aliphatic hydroxyl groups is 1. The van der Waals surface area contributed by atoms with Gasteiger partial charge in [-0.3, -0.25) is 9.59 Å². The fourth-order valence-corrected chi connectivity index (χ4v) is 1.53. The fraction of sp³-hybridized carbons (Fsp3) is 0.385. The minimum atomic E-state index is -0.244. The van der Waals surface area contributed by atoms with Crippen LogP contribution in [0.15, 0.2) is 30.3 Å². The maximum Gasteiger partial charge on any atom is 0.242 e. The van der Waals surface area contributed by atoms with E-state index in [1.165, 1.54) is 11.8 Å². The number of rotatable bonds is 6. The molecule has 0 spiro atoms. The topological polar surface area (TPSA) is 69.6 Å². The lowest BCUT2D eigenvalue weighted by molar-refractivity contribution is -0.133. The summed E-state index contributed by atoms with van der Waals surface area (Å²) >= 11 is 0. The molecule has 0 aliphatic rings. The molecule has 0 heterocycles. The molecule has 0 atom stereocenters. The van der Waals surface area contributed by atoms with Crippen molar-refractivity contribution in [2.24, 2.45) is 0 Å². The Morgan fingerprint density at radius 1 is 1.28 bits per heavy atom. The summed E-state index contributed by atoms with van der Waals surface area (Å²) in [6.45, 7) is 1.91. The quantitative estimate of drug-likeness (QED) is 0.754. The molecule has 0 fully saturated rings. The Balaban J connectivity index is 2.58. The summed E-state index contributed by atoms with van der Waals surface area (Å²) in [6.07, 6.45) is 0. The van der Waals surface area contributed by atoms with E-state index in [1.807, 2.05) is 30.3 Å². The van der Waals surface area contributed by atoms with Gasteiger partial charge in [-0.2, -0.15) is 0 Å². The van der Waals surface area contributed by atoms with Crippen molar-refractivity contribution < 1.29 is 14.7 Å². The Morgan fingerprint density at radius 3 is 2.50 bits per heavy atom. The lowest BCUT2D eigenvalue weighted by Gasteiger charge is -2.22. The SMILES string of the molecule is CC(=O)NCC(=O)N(CCO)Cc1ccccc1. The van der Waals surface area contributed by atoms with Crippen LogP contribution in [-0.4, -0.2) is 41.5 Å². The van der Waals surface area contributed by atoms with Gasteiger partial charge in [0, 0.05) is 20.0 Å². The molecule has 0 aliphatic carbocycles. The molecule has 0 saturated heterocycles. The van der Waals surface area contributed by atoms with Gasteiger partial charge in [-0.15, -0.1) is 0 Å². The van der Waals surface area contributed by atoms with Crippen LogP contribution in [0.2, 0.25) is 0 Å². The Kier molecular flexibility index (Phi) is 5.87. The van der Waals surface area contributed by atoms with Gasteiger partial charge >= 0.3 is 0 Å². The standard InChI is InChI=1S/C13H18N2O3/c1-11(17)14-9-13(18)15(7-8-16)10-12-5-3-2-4-6-12/h2-6,16H,7-10H2,1H3,(H,14,17). The molecule has 0 aliphatic heterocycles. The molecule has 0 unspecified atom stereocenters. The minimum Gasteiger partial charge on any atom is -0.395 e. The molecule has 2 amide bonds. The summed E-state index contributed by atoms with van der Waals surface area (Å²) in [5.41, 5.74) is 0.988. The highest BCUT2D eigenvalue weighted by atomic mass is 16.3. The van der Waals surface area contributed by atoms with Gasteiger partial charge in [0.1, 0.15) is 0 Å². The number of nitrogens with zero attached hydrogens (tertiary/aromatic N) is 1. The molecule has 0 saturated carbocycles. The van der Waals surface area contributed by atoms with Gasteiger partial charge in [-0.1, -0.05) is 30.3 Å². The predicted molar refractivity (Wildman–Crippen MR) is 67.6 cm³/mol. The van der Waals surface area contributed by atoms with Crippen molar-refractivity contribution in [3.63, 3.8) is 0 Å². The summed E-state index contributed by atoms with van der Waals surface area (Å²) in [4.78, 5) is 24.1. The number of aliphatic hydroxyl groups excluding tert-OH is 1. The number of hydrogen-bond acceptors (Lipinski definition) is 3. The van der Waals surface area contributed by atoms with E-state index in [9.17, 15) is 9.59 Å². The zero-order chi connectivity index (χ0) is 13.4. The van der Waals surface area contributed by atoms with Gasteiger partial charge < -0.3 is 15.3 Å². The number of amides is 2. The van der Waals surface area contributed by atoms with Gasteiger partial charge in [0.25, 0.3) is 0 Å². The number of carbonyl (C=O) groups excluding carboxylic acids is 2. The molecular formula is C13H18N2O3. The molecular weight excluding hydrogens is 232 g/mol. The van der Waals surface area contributed by atoms with E-state index in [2.05, 4.69) is 5.32 Å². The Labute approximate surface area is 106 Å². The average molecular weight is 250 g/mol. The maximum atomic E-state index is 11.8. The van der Waals surface area contributed by atoms with E-state index in [0.29, 0.717) is 6.54 Å². The summed E-state index contributed by atoms with van der Waals surface area (Å²) < 4.78 is 0. The van der Waals surface area contributed by atoms with Crippen molar-refractivity contribution in [1.29, 1.82) is 0 Å². The van der Waals surface area contributed by atoms with Crippen LogP contribution in [0.1, 0.15) is 12.5 Å². The van der Waals surface area contributed by atoms with Crippen LogP contribution in [-0.2, 0) is 16.1 Å². The second kappa shape index (κ2) is 7.45. The molecule has 98 valence electrons. The zero-order valence-electron chi connectivity index (χ0n) is 10.4. The summed E-state index contributed by atoms with van der Waals surface area (Å²) in [7, 11) is 0. The number of nitrogens with one attached hydrogen (secondary N) is 1. The third kappa shape index (κ3) is 4.97. The van der Waals surface area contributed by atoms with Crippen molar-refractivity contribution >= 4 is 11.8 Å². The number of carbonyl (C=O) groups is 2. The highest BCUT2D eigenvalue weighted by Crippen LogP contribution is 2.04. The molecule has 1 aromatic carbocycles. The molecule has 5 heteroatoms. The first kappa shape index (κ1) is 14.2. The summed E-state index contributed by atoms with van der Waals surface area (Å²) in [6, 6.07) is 9.51. The predicted octanol–water partition coefficient (Wildman–Crippen LogP) is 0.144. The average Bonchev–Trinajstić information content (AvgIpc) is 2.36. The van der Waals surface area contributed by atoms with Gasteiger partial charge in [0.15, 0.2) is 0 Å². The summed E-state index contributed by atoms with van der Waals surface area (Å²) in [5, 5.41) is 11.4. The van der Waals surface area contributed by atoms with Crippen LogP contribution in [0.5, 0.6) is 0 Å². The van der Waals surface area contributed by atoms with Crippen LogP contribution >= 0.6 is 0 Å². The minimum absolute atomic E-state index is 0.0395. The summed E-state index contributed by atoms with van der Waals surface area (Å²) in [5.74, 6) is -0.449. The molecule has 1 rings (SSSR count). The first-order chi connectivity index (χ1) is 8.63. The van der Waals surface area contributed by atoms with E-state index < -0.39 is 0 Å². The van der Waals surface area contributed by atoms with E-state index in [4.69, 9.17) is 5.11 Å². The normalized spacial score (nSPS) is 9.89. The highest BCUT2D eigenvalue weighted by molar-refractivity contribution is 5.83. The van der Waals surface area contributed by atoms with Crippen molar-refractivity contribution in [2.45, 2.75) is 13.5 Å². The van der Waals surface area contributed by atoms with E-state index in [-0.39, 0.29) is 31.5 Å². The van der Waals surface area contributed by atoms with E-state index in [0.717, 1.165) is 5.56 Å². The van der Waals surface area contributed by atoms with Gasteiger partial charge in [-0.25, -0.2) is 0 Å². The molecule has 5 nitrogen and oxygen atoms in total. The van der Waals surface area contributed by atoms with Crippen molar-refractivity contribution in [2.75, 3.05) is 19.7 Å². The monoisotopic (exact) mass is 250 g/mol. The van der Waals surface area contributed by atoms with E-state index in [1.54, 1.807) is 0 Å². The zero-order valence-corrected chi connectivity index (χ0v) is 10.4. The molecule has 0 aromatic heterocycles. The number of benzene rings is 1. The van der Waals surface area contributed by atoms with Gasteiger partial charge in [-0.05, 0) is 5.56 Å².